The second-order valence-electron chi connectivity index (χ2n) is 6.17. The highest BCUT2D eigenvalue weighted by Crippen LogP contribution is 2.18. The molecule has 0 aromatic carbocycles. The summed E-state index contributed by atoms with van der Waals surface area (Å²) in [4.78, 5) is 14.6. The lowest BCUT2D eigenvalue weighted by atomic mass is 9.95. The summed E-state index contributed by atoms with van der Waals surface area (Å²) < 4.78 is 10.9. The molecule has 0 aromatic heterocycles. The Morgan fingerprint density at radius 1 is 1.43 bits per heavy atom. The van der Waals surface area contributed by atoms with Gasteiger partial charge in [-0.25, -0.2) is 0 Å². The summed E-state index contributed by atoms with van der Waals surface area (Å²) in [7, 11) is 0. The monoisotopic (exact) mass is 300 g/mol. The van der Waals surface area contributed by atoms with Crippen molar-refractivity contribution >= 4 is 5.97 Å². The number of nitrogens with zero attached hydrogens (tertiary/aromatic N) is 1. The molecule has 1 aliphatic rings. The quantitative estimate of drug-likeness (QED) is 0.693. The highest BCUT2D eigenvalue weighted by Gasteiger charge is 2.33. The zero-order chi connectivity index (χ0) is 15.9. The van der Waals surface area contributed by atoms with Gasteiger partial charge in [0.05, 0.1) is 19.3 Å². The lowest BCUT2D eigenvalue weighted by molar-refractivity contribution is -0.151. The molecule has 1 N–H and O–H groups in total. The molecule has 1 rings (SSSR count). The molecule has 0 bridgehead atoms. The molecule has 21 heavy (non-hydrogen) atoms. The van der Waals surface area contributed by atoms with E-state index in [9.17, 15) is 4.79 Å². The average molecular weight is 300 g/mol. The van der Waals surface area contributed by atoms with Crippen molar-refractivity contribution in [3.63, 3.8) is 0 Å². The largest absolute Gasteiger partial charge is 0.465 e. The first-order chi connectivity index (χ1) is 9.92. The topological polar surface area (TPSA) is 50.8 Å². The Balaban J connectivity index is 2.47. The molecule has 0 amide bonds. The third kappa shape index (κ3) is 5.57. The van der Waals surface area contributed by atoms with Crippen molar-refractivity contribution in [2.75, 3.05) is 32.8 Å². The van der Waals surface area contributed by atoms with Gasteiger partial charge in [-0.3, -0.25) is 9.69 Å². The second-order valence-corrected chi connectivity index (χ2v) is 6.17. The van der Waals surface area contributed by atoms with Gasteiger partial charge in [0.25, 0.3) is 0 Å². The maximum Gasteiger partial charge on any atom is 0.326 e. The molecule has 0 aliphatic carbocycles. The van der Waals surface area contributed by atoms with Gasteiger partial charge in [-0.1, -0.05) is 6.92 Å². The lowest BCUT2D eigenvalue weighted by Gasteiger charge is -2.37. The van der Waals surface area contributed by atoms with Gasteiger partial charge in [0, 0.05) is 12.6 Å². The Morgan fingerprint density at radius 3 is 2.76 bits per heavy atom. The number of ether oxygens (including phenoxy) is 2. The van der Waals surface area contributed by atoms with Gasteiger partial charge in [0.2, 0.25) is 0 Å². The van der Waals surface area contributed by atoms with Gasteiger partial charge in [0.1, 0.15) is 5.54 Å². The van der Waals surface area contributed by atoms with Crippen LogP contribution < -0.4 is 5.32 Å². The van der Waals surface area contributed by atoms with Crippen molar-refractivity contribution in [2.45, 2.75) is 65.1 Å². The van der Waals surface area contributed by atoms with Gasteiger partial charge in [-0.2, -0.15) is 0 Å². The molecule has 1 aliphatic heterocycles. The molecule has 5 nitrogen and oxygen atoms in total. The normalized spacial score (nSPS) is 26.3. The van der Waals surface area contributed by atoms with Crippen molar-refractivity contribution in [3.05, 3.63) is 0 Å². The van der Waals surface area contributed by atoms with E-state index < -0.39 is 5.54 Å². The Labute approximate surface area is 129 Å². The van der Waals surface area contributed by atoms with Crippen LogP contribution >= 0.6 is 0 Å². The van der Waals surface area contributed by atoms with E-state index in [1.807, 2.05) is 20.8 Å². The summed E-state index contributed by atoms with van der Waals surface area (Å²) in [5.74, 6) is -0.143. The first-order valence-corrected chi connectivity index (χ1v) is 8.20. The van der Waals surface area contributed by atoms with Crippen LogP contribution in [0, 0.1) is 0 Å². The van der Waals surface area contributed by atoms with Crippen molar-refractivity contribution in [3.8, 4) is 0 Å². The van der Waals surface area contributed by atoms with Crippen LogP contribution in [0.1, 0.15) is 47.5 Å². The smallest absolute Gasteiger partial charge is 0.326 e. The summed E-state index contributed by atoms with van der Waals surface area (Å²) in [6.45, 7) is 14.1. The Morgan fingerprint density at radius 2 is 2.14 bits per heavy atom. The number of carbonyl (C=O) groups is 1. The van der Waals surface area contributed by atoms with Crippen LogP contribution in [0.5, 0.6) is 0 Å². The Hall–Kier alpha value is -0.650. The molecular weight excluding hydrogens is 268 g/mol. The SMILES string of the molecule is CCNC(C)(CCCN1CC(C)OCC1C)C(=O)OCC. The maximum absolute atomic E-state index is 12.1. The van der Waals surface area contributed by atoms with E-state index in [1.54, 1.807) is 0 Å². The fourth-order valence-corrected chi connectivity index (χ4v) is 2.86. The Bertz CT molecular complexity index is 325. The number of carbonyl (C=O) groups excluding carboxylic acids is 1. The Kier molecular flexibility index (Phi) is 7.63. The van der Waals surface area contributed by atoms with Crippen molar-refractivity contribution in [1.82, 2.24) is 10.2 Å². The number of hydrogen-bond donors (Lipinski definition) is 1. The molecule has 5 heteroatoms. The third-order valence-corrected chi connectivity index (χ3v) is 4.15. The van der Waals surface area contributed by atoms with E-state index in [4.69, 9.17) is 9.47 Å². The predicted molar refractivity (Wildman–Crippen MR) is 84.4 cm³/mol. The minimum Gasteiger partial charge on any atom is -0.465 e. The minimum atomic E-state index is -0.577. The van der Waals surface area contributed by atoms with Crippen LogP contribution in [0.2, 0.25) is 0 Å². The van der Waals surface area contributed by atoms with Crippen LogP contribution in [-0.2, 0) is 14.3 Å². The van der Waals surface area contributed by atoms with E-state index in [2.05, 4.69) is 24.1 Å². The number of esters is 1. The molecule has 0 aromatic rings. The highest BCUT2D eigenvalue weighted by atomic mass is 16.5. The van der Waals surface area contributed by atoms with E-state index in [0.717, 1.165) is 39.1 Å². The van der Waals surface area contributed by atoms with Crippen molar-refractivity contribution in [2.24, 2.45) is 0 Å². The number of likely N-dealkylation sites (N-methyl/N-ethyl adjacent to an activating group) is 1. The summed E-state index contributed by atoms with van der Waals surface area (Å²) >= 11 is 0. The number of morpholine rings is 1. The van der Waals surface area contributed by atoms with Gasteiger partial charge in [-0.15, -0.1) is 0 Å². The summed E-state index contributed by atoms with van der Waals surface area (Å²) in [6.07, 6.45) is 2.06. The van der Waals surface area contributed by atoms with Crippen LogP contribution in [0.4, 0.5) is 0 Å². The minimum absolute atomic E-state index is 0.143. The zero-order valence-corrected chi connectivity index (χ0v) is 14.3. The zero-order valence-electron chi connectivity index (χ0n) is 14.3. The second kappa shape index (κ2) is 8.71. The summed E-state index contributed by atoms with van der Waals surface area (Å²) in [5.41, 5.74) is -0.577. The molecular formula is C16H32N2O3. The van der Waals surface area contributed by atoms with Crippen molar-refractivity contribution in [1.29, 1.82) is 0 Å². The summed E-state index contributed by atoms with van der Waals surface area (Å²) in [6, 6.07) is 0.453. The van der Waals surface area contributed by atoms with E-state index in [1.165, 1.54) is 0 Å². The van der Waals surface area contributed by atoms with Crippen LogP contribution in [-0.4, -0.2) is 61.4 Å². The lowest BCUT2D eigenvalue weighted by Crippen LogP contribution is -2.51. The fourth-order valence-electron chi connectivity index (χ4n) is 2.86. The molecule has 3 unspecified atom stereocenters. The number of hydrogen-bond acceptors (Lipinski definition) is 5. The first-order valence-electron chi connectivity index (χ1n) is 8.20. The molecule has 124 valence electrons. The standard InChI is InChI=1S/C16H32N2O3/c1-6-17-16(5,15(19)20-7-2)9-8-10-18-11-14(4)21-12-13(18)3/h13-14,17H,6-12H2,1-5H3. The maximum atomic E-state index is 12.1. The highest BCUT2D eigenvalue weighted by molar-refractivity contribution is 5.80. The molecule has 0 spiro atoms. The van der Waals surface area contributed by atoms with Crippen LogP contribution in [0.25, 0.3) is 0 Å². The van der Waals surface area contributed by atoms with E-state index in [-0.39, 0.29) is 5.97 Å². The van der Waals surface area contributed by atoms with Crippen LogP contribution in [0.3, 0.4) is 0 Å². The van der Waals surface area contributed by atoms with Crippen molar-refractivity contribution < 1.29 is 14.3 Å². The predicted octanol–water partition coefficient (Wildman–Crippen LogP) is 1.81. The van der Waals surface area contributed by atoms with Crippen LogP contribution in [0.15, 0.2) is 0 Å². The molecule has 0 radical (unpaired) electrons. The van der Waals surface area contributed by atoms with E-state index in [0.29, 0.717) is 18.8 Å². The van der Waals surface area contributed by atoms with Gasteiger partial charge >= 0.3 is 5.97 Å². The van der Waals surface area contributed by atoms with Gasteiger partial charge in [-0.05, 0) is 53.6 Å². The molecule has 0 saturated carbocycles. The molecule has 1 heterocycles. The number of rotatable bonds is 8. The number of nitrogens with one attached hydrogen (secondary N) is 1. The molecule has 1 saturated heterocycles. The van der Waals surface area contributed by atoms with E-state index >= 15 is 0 Å². The summed E-state index contributed by atoms with van der Waals surface area (Å²) in [5, 5.41) is 3.28. The van der Waals surface area contributed by atoms with Gasteiger partial charge < -0.3 is 14.8 Å². The third-order valence-electron chi connectivity index (χ3n) is 4.15. The fraction of sp³-hybridized carbons (Fsp3) is 0.938. The average Bonchev–Trinajstić information content (AvgIpc) is 2.43. The van der Waals surface area contributed by atoms with Gasteiger partial charge in [0.15, 0.2) is 0 Å². The first kappa shape index (κ1) is 18.4. The molecule has 1 fully saturated rings. The molecule has 3 atom stereocenters.